The molecule has 0 aliphatic carbocycles. The van der Waals surface area contributed by atoms with Crippen molar-refractivity contribution in [3.05, 3.63) is 0 Å². The van der Waals surface area contributed by atoms with E-state index in [1.165, 1.54) is 49.7 Å². The first-order valence-electron chi connectivity index (χ1n) is 8.47. The lowest BCUT2D eigenvalue weighted by Crippen LogP contribution is -2.37. The second kappa shape index (κ2) is 6.61. The van der Waals surface area contributed by atoms with Crippen LogP contribution in [0.4, 0.5) is 0 Å². The second-order valence-electron chi connectivity index (χ2n) is 8.92. The normalized spacial score (nSPS) is 27.2. The summed E-state index contributed by atoms with van der Waals surface area (Å²) in [7, 11) is 4.85. The van der Waals surface area contributed by atoms with Gasteiger partial charge in [-0.2, -0.15) is 0 Å². The first kappa shape index (κ1) is 17.0. The van der Waals surface area contributed by atoms with Crippen molar-refractivity contribution in [1.82, 2.24) is 0 Å². The van der Waals surface area contributed by atoms with Crippen molar-refractivity contribution < 1.29 is 4.48 Å². The Kier molecular flexibility index (Phi) is 5.92. The summed E-state index contributed by atoms with van der Waals surface area (Å²) in [4.78, 5) is 0. The SMILES string of the molecule is CCCCC(C)(C)CC1C[N+](C)(C)CC1CC(C)C. The van der Waals surface area contributed by atoms with Crippen LogP contribution in [0.25, 0.3) is 0 Å². The van der Waals surface area contributed by atoms with E-state index < -0.39 is 0 Å². The summed E-state index contributed by atoms with van der Waals surface area (Å²) in [6, 6.07) is 0. The summed E-state index contributed by atoms with van der Waals surface area (Å²) in [6.45, 7) is 14.9. The molecule has 2 atom stereocenters. The average Bonchev–Trinajstić information content (AvgIpc) is 2.48. The maximum atomic E-state index is 2.49. The lowest BCUT2D eigenvalue weighted by atomic mass is 9.74. The quantitative estimate of drug-likeness (QED) is 0.572. The number of likely N-dealkylation sites (tertiary alicyclic amines) is 1. The molecule has 0 radical (unpaired) electrons. The standard InChI is InChI=1S/C18H38N/c1-8-9-10-18(4,5)12-17-14-19(6,7)13-16(17)11-15(2)3/h15-17H,8-14H2,1-7H3/q+1. The predicted octanol–water partition coefficient (Wildman–Crippen LogP) is 4.96. The van der Waals surface area contributed by atoms with Crippen molar-refractivity contribution in [2.24, 2.45) is 23.2 Å². The Morgan fingerprint density at radius 2 is 1.68 bits per heavy atom. The molecule has 0 spiro atoms. The monoisotopic (exact) mass is 268 g/mol. The molecule has 2 unspecified atom stereocenters. The van der Waals surface area contributed by atoms with E-state index in [0.29, 0.717) is 5.41 Å². The minimum atomic E-state index is 0.542. The third-order valence-electron chi connectivity index (χ3n) is 4.92. The predicted molar refractivity (Wildman–Crippen MR) is 86.2 cm³/mol. The van der Waals surface area contributed by atoms with E-state index in [4.69, 9.17) is 0 Å². The van der Waals surface area contributed by atoms with Crippen LogP contribution in [0.15, 0.2) is 0 Å². The fraction of sp³-hybridized carbons (Fsp3) is 1.00. The van der Waals surface area contributed by atoms with Crippen molar-refractivity contribution in [1.29, 1.82) is 0 Å². The minimum Gasteiger partial charge on any atom is -0.328 e. The lowest BCUT2D eigenvalue weighted by Gasteiger charge is -2.30. The number of rotatable bonds is 7. The van der Waals surface area contributed by atoms with E-state index in [-0.39, 0.29) is 0 Å². The molecular formula is C18H38N+. The minimum absolute atomic E-state index is 0.542. The van der Waals surface area contributed by atoms with Gasteiger partial charge in [-0.15, -0.1) is 0 Å². The summed E-state index contributed by atoms with van der Waals surface area (Å²) >= 11 is 0. The van der Waals surface area contributed by atoms with E-state index >= 15 is 0 Å². The van der Waals surface area contributed by atoms with Gasteiger partial charge in [0.1, 0.15) is 0 Å². The van der Waals surface area contributed by atoms with Crippen LogP contribution in [0.1, 0.15) is 66.7 Å². The highest BCUT2D eigenvalue weighted by Crippen LogP contribution is 2.40. The van der Waals surface area contributed by atoms with Gasteiger partial charge >= 0.3 is 0 Å². The molecule has 0 aromatic carbocycles. The van der Waals surface area contributed by atoms with Crippen LogP contribution in [0.3, 0.4) is 0 Å². The number of quaternary nitrogens is 1. The summed E-state index contributed by atoms with van der Waals surface area (Å²) in [6.07, 6.45) is 7.00. The molecule has 1 nitrogen and oxygen atoms in total. The van der Waals surface area contributed by atoms with Crippen molar-refractivity contribution in [3.8, 4) is 0 Å². The maximum Gasteiger partial charge on any atom is 0.0816 e. The Morgan fingerprint density at radius 1 is 1.11 bits per heavy atom. The summed E-state index contributed by atoms with van der Waals surface area (Å²) < 4.78 is 1.24. The molecule has 1 rings (SSSR count). The van der Waals surface area contributed by atoms with Crippen LogP contribution < -0.4 is 0 Å². The van der Waals surface area contributed by atoms with Crippen molar-refractivity contribution in [2.45, 2.75) is 66.7 Å². The van der Waals surface area contributed by atoms with Gasteiger partial charge < -0.3 is 4.48 Å². The van der Waals surface area contributed by atoms with E-state index in [1.54, 1.807) is 0 Å². The Labute approximate surface area is 122 Å². The molecule has 1 heterocycles. The Morgan fingerprint density at radius 3 is 2.21 bits per heavy atom. The van der Waals surface area contributed by atoms with Crippen LogP contribution in [0.5, 0.6) is 0 Å². The number of unbranched alkanes of at least 4 members (excludes halogenated alkanes) is 1. The molecule has 1 aliphatic heterocycles. The number of hydrogen-bond donors (Lipinski definition) is 0. The van der Waals surface area contributed by atoms with Gasteiger partial charge in [-0.3, -0.25) is 0 Å². The van der Waals surface area contributed by atoms with Crippen LogP contribution >= 0.6 is 0 Å². The van der Waals surface area contributed by atoms with E-state index in [9.17, 15) is 0 Å². The zero-order valence-electron chi connectivity index (χ0n) is 14.6. The van der Waals surface area contributed by atoms with Crippen LogP contribution in [0, 0.1) is 23.2 Å². The molecule has 0 saturated carbocycles. The van der Waals surface area contributed by atoms with Crippen molar-refractivity contribution in [2.75, 3.05) is 27.2 Å². The van der Waals surface area contributed by atoms with E-state index in [1.807, 2.05) is 0 Å². The molecule has 1 fully saturated rings. The highest BCUT2D eigenvalue weighted by Gasteiger charge is 2.42. The second-order valence-corrected chi connectivity index (χ2v) is 8.92. The van der Waals surface area contributed by atoms with Gasteiger partial charge in [0.25, 0.3) is 0 Å². The van der Waals surface area contributed by atoms with Gasteiger partial charge in [0.2, 0.25) is 0 Å². The zero-order valence-corrected chi connectivity index (χ0v) is 14.6. The van der Waals surface area contributed by atoms with Gasteiger partial charge in [0.15, 0.2) is 0 Å². The number of nitrogens with zero attached hydrogens (tertiary/aromatic N) is 1. The summed E-state index contributed by atoms with van der Waals surface area (Å²) in [5.41, 5.74) is 0.542. The number of hydrogen-bond acceptors (Lipinski definition) is 0. The average molecular weight is 269 g/mol. The zero-order chi connectivity index (χ0) is 14.7. The van der Waals surface area contributed by atoms with Crippen LogP contribution in [-0.4, -0.2) is 31.7 Å². The molecule has 114 valence electrons. The fourth-order valence-corrected chi connectivity index (χ4v) is 4.21. The van der Waals surface area contributed by atoms with Crippen LogP contribution in [-0.2, 0) is 0 Å². The van der Waals surface area contributed by atoms with Crippen molar-refractivity contribution in [3.63, 3.8) is 0 Å². The van der Waals surface area contributed by atoms with E-state index in [2.05, 4.69) is 48.7 Å². The van der Waals surface area contributed by atoms with E-state index in [0.717, 1.165) is 17.8 Å². The molecule has 0 aromatic heterocycles. The van der Waals surface area contributed by atoms with Crippen molar-refractivity contribution >= 4 is 0 Å². The van der Waals surface area contributed by atoms with Crippen LogP contribution in [0.2, 0.25) is 0 Å². The molecule has 1 saturated heterocycles. The highest BCUT2D eigenvalue weighted by molar-refractivity contribution is 4.82. The molecule has 1 heteroatoms. The molecular weight excluding hydrogens is 230 g/mol. The third kappa shape index (κ3) is 5.85. The van der Waals surface area contributed by atoms with Gasteiger partial charge in [0, 0.05) is 11.8 Å². The molecule has 0 amide bonds. The fourth-order valence-electron chi connectivity index (χ4n) is 4.21. The maximum absolute atomic E-state index is 2.49. The molecule has 19 heavy (non-hydrogen) atoms. The Balaban J connectivity index is 2.62. The molecule has 0 N–H and O–H groups in total. The molecule has 0 aromatic rings. The third-order valence-corrected chi connectivity index (χ3v) is 4.92. The summed E-state index contributed by atoms with van der Waals surface area (Å²) in [5.74, 6) is 2.75. The van der Waals surface area contributed by atoms with Gasteiger partial charge in [-0.1, -0.05) is 47.5 Å². The molecule has 1 aliphatic rings. The Hall–Kier alpha value is -0.0400. The molecule has 0 bridgehead atoms. The van der Waals surface area contributed by atoms with Gasteiger partial charge in [-0.25, -0.2) is 0 Å². The smallest absolute Gasteiger partial charge is 0.0816 e. The Bertz CT molecular complexity index is 265. The van der Waals surface area contributed by atoms with Gasteiger partial charge in [0.05, 0.1) is 27.2 Å². The topological polar surface area (TPSA) is 0 Å². The highest BCUT2D eigenvalue weighted by atomic mass is 15.3. The lowest BCUT2D eigenvalue weighted by molar-refractivity contribution is -0.880. The van der Waals surface area contributed by atoms with Gasteiger partial charge in [-0.05, 0) is 30.6 Å². The summed E-state index contributed by atoms with van der Waals surface area (Å²) in [5, 5.41) is 0. The largest absolute Gasteiger partial charge is 0.328 e. The first-order valence-corrected chi connectivity index (χ1v) is 8.47. The first-order chi connectivity index (χ1) is 8.65.